The third-order valence-electron chi connectivity index (χ3n) is 8.93. The van der Waals surface area contributed by atoms with Crippen molar-refractivity contribution in [2.45, 2.75) is 84.2 Å². The number of fused-ring (bicyclic) bond motifs is 1. The summed E-state index contributed by atoms with van der Waals surface area (Å²) in [4.78, 5) is 65.0. The second kappa shape index (κ2) is 13.0. The fraction of sp³-hybridized carbons (Fsp3) is 0.485. The van der Waals surface area contributed by atoms with E-state index in [9.17, 15) is 24.0 Å². The number of piperidine rings is 1. The second-order valence-electron chi connectivity index (χ2n) is 12.4. The van der Waals surface area contributed by atoms with Crippen molar-refractivity contribution in [1.29, 1.82) is 0 Å². The minimum Gasteiger partial charge on any atom is -0.446 e. The molecular formula is C33H40N4O6. The largest absolute Gasteiger partial charge is 0.446 e. The third kappa shape index (κ3) is 6.89. The number of imide groups is 1. The van der Waals surface area contributed by atoms with Crippen molar-refractivity contribution in [2.24, 2.45) is 17.8 Å². The molecule has 5 rings (SSSR count). The smallest absolute Gasteiger partial charge is 0.408 e. The van der Waals surface area contributed by atoms with Crippen LogP contribution in [-0.4, -0.2) is 46.8 Å². The van der Waals surface area contributed by atoms with E-state index in [1.807, 2.05) is 24.3 Å². The van der Waals surface area contributed by atoms with Crippen LogP contribution < -0.4 is 16.0 Å². The fourth-order valence-electron chi connectivity index (χ4n) is 6.51. The Bertz CT molecular complexity index is 1390. The summed E-state index contributed by atoms with van der Waals surface area (Å²) in [6, 6.07) is 12.7. The van der Waals surface area contributed by atoms with Crippen molar-refractivity contribution in [3.05, 3.63) is 70.8 Å². The number of rotatable bonds is 8. The van der Waals surface area contributed by atoms with Gasteiger partial charge in [0, 0.05) is 25.1 Å². The molecule has 2 aromatic carbocycles. The Hall–Kier alpha value is -4.21. The van der Waals surface area contributed by atoms with E-state index in [4.69, 9.17) is 4.74 Å². The fourth-order valence-corrected chi connectivity index (χ4v) is 6.51. The first-order chi connectivity index (χ1) is 20.6. The van der Waals surface area contributed by atoms with Crippen LogP contribution in [0.25, 0.3) is 0 Å². The maximum Gasteiger partial charge on any atom is 0.408 e. The number of nitrogens with one attached hydrogen (secondary N) is 3. The number of hydrogen-bond donors (Lipinski definition) is 3. The van der Waals surface area contributed by atoms with Gasteiger partial charge in [-0.05, 0) is 59.8 Å². The highest BCUT2D eigenvalue weighted by molar-refractivity contribution is 6.05. The highest BCUT2D eigenvalue weighted by Gasteiger charge is 2.39. The number of alkyl carbamates (subject to hydrolysis) is 1. The van der Waals surface area contributed by atoms with Crippen molar-refractivity contribution in [1.82, 2.24) is 20.9 Å². The summed E-state index contributed by atoms with van der Waals surface area (Å²) in [6.45, 7) is 6.90. The van der Waals surface area contributed by atoms with Gasteiger partial charge in [0.25, 0.3) is 5.91 Å². The molecule has 2 aliphatic heterocycles. The number of hydrogen-bond acceptors (Lipinski definition) is 6. The molecule has 2 aromatic rings. The minimum absolute atomic E-state index is 0.175. The number of benzene rings is 2. The summed E-state index contributed by atoms with van der Waals surface area (Å²) in [5, 5.41) is 8.03. The molecular weight excluding hydrogens is 548 g/mol. The number of nitrogens with zero attached hydrogens (tertiary/aromatic N) is 1. The normalized spacial score (nSPS) is 24.3. The van der Waals surface area contributed by atoms with E-state index in [0.717, 1.165) is 30.4 Å². The first-order valence-electron chi connectivity index (χ1n) is 15.2. The Morgan fingerprint density at radius 1 is 1.05 bits per heavy atom. The van der Waals surface area contributed by atoms with Crippen LogP contribution in [-0.2, 0) is 32.2 Å². The summed E-state index contributed by atoms with van der Waals surface area (Å²) >= 11 is 0. The van der Waals surface area contributed by atoms with Gasteiger partial charge in [-0.1, -0.05) is 69.7 Å². The standard InChI is InChI=1S/C33H40N4O6/c1-19(2)24-11-9-20(3)15-27(24)43-33(42)36-29(22-7-5-4-6-8-22)31(40)34-17-21-10-12-25-23(16-21)18-37(32(25)41)26-13-14-28(38)35-30(26)39/h4-8,10,12,16,19-20,24,26-27,29H,9,11,13-15,17-18H2,1-3H3,(H,34,40)(H,36,42)(H,35,38,39)/t20-,24?,26?,27-,29-/m0/s1. The highest BCUT2D eigenvalue weighted by atomic mass is 16.6. The van der Waals surface area contributed by atoms with Crippen LogP contribution in [0, 0.1) is 17.8 Å². The Labute approximate surface area is 251 Å². The monoisotopic (exact) mass is 588 g/mol. The molecule has 1 saturated heterocycles. The zero-order valence-electron chi connectivity index (χ0n) is 24.9. The number of amides is 5. The van der Waals surface area contributed by atoms with E-state index in [2.05, 4.69) is 36.7 Å². The Morgan fingerprint density at radius 2 is 1.81 bits per heavy atom. The average Bonchev–Trinajstić information content (AvgIpc) is 3.30. The third-order valence-corrected chi connectivity index (χ3v) is 8.93. The highest BCUT2D eigenvalue weighted by Crippen LogP contribution is 2.35. The summed E-state index contributed by atoms with van der Waals surface area (Å²) in [7, 11) is 0. The van der Waals surface area contributed by atoms with Crippen LogP contribution in [0.5, 0.6) is 0 Å². The van der Waals surface area contributed by atoms with E-state index in [-0.39, 0.29) is 49.3 Å². The molecule has 2 unspecified atom stereocenters. The molecule has 0 spiro atoms. The molecule has 0 aromatic heterocycles. The van der Waals surface area contributed by atoms with Crippen LogP contribution in [0.1, 0.15) is 86.0 Å². The van der Waals surface area contributed by atoms with Crippen LogP contribution >= 0.6 is 0 Å². The molecule has 228 valence electrons. The quantitative estimate of drug-likeness (QED) is 0.400. The van der Waals surface area contributed by atoms with Crippen molar-refractivity contribution in [3.63, 3.8) is 0 Å². The Kier molecular flexibility index (Phi) is 9.13. The summed E-state index contributed by atoms with van der Waals surface area (Å²) < 4.78 is 5.92. The van der Waals surface area contributed by atoms with Gasteiger partial charge in [0.2, 0.25) is 17.7 Å². The van der Waals surface area contributed by atoms with Crippen LogP contribution in [0.15, 0.2) is 48.5 Å². The molecule has 10 nitrogen and oxygen atoms in total. The first kappa shape index (κ1) is 30.3. The molecule has 10 heteroatoms. The predicted octanol–water partition coefficient (Wildman–Crippen LogP) is 3.99. The zero-order valence-corrected chi connectivity index (χ0v) is 24.9. The molecule has 1 saturated carbocycles. The van der Waals surface area contributed by atoms with Crippen LogP contribution in [0.4, 0.5) is 4.79 Å². The van der Waals surface area contributed by atoms with Crippen molar-refractivity contribution >= 4 is 29.7 Å². The van der Waals surface area contributed by atoms with Crippen molar-refractivity contribution < 1.29 is 28.7 Å². The van der Waals surface area contributed by atoms with Crippen LogP contribution in [0.3, 0.4) is 0 Å². The topological polar surface area (TPSA) is 134 Å². The lowest BCUT2D eigenvalue weighted by molar-refractivity contribution is -0.137. The Morgan fingerprint density at radius 3 is 2.53 bits per heavy atom. The number of carbonyl (C=O) groups excluding carboxylic acids is 5. The van der Waals surface area contributed by atoms with Gasteiger partial charge in [-0.25, -0.2) is 4.79 Å². The second-order valence-corrected chi connectivity index (χ2v) is 12.4. The summed E-state index contributed by atoms with van der Waals surface area (Å²) in [5.41, 5.74) is 2.66. The molecule has 0 bridgehead atoms. The van der Waals surface area contributed by atoms with Gasteiger partial charge in [0.05, 0.1) is 0 Å². The minimum atomic E-state index is -0.953. The lowest BCUT2D eigenvalue weighted by Gasteiger charge is -2.36. The van der Waals surface area contributed by atoms with Crippen molar-refractivity contribution in [3.8, 4) is 0 Å². The zero-order chi connectivity index (χ0) is 30.7. The summed E-state index contributed by atoms with van der Waals surface area (Å²) in [6.07, 6.45) is 2.61. The summed E-state index contributed by atoms with van der Waals surface area (Å²) in [5.74, 6) is -0.286. The van der Waals surface area contributed by atoms with Gasteiger partial charge in [-0.2, -0.15) is 0 Å². The molecule has 3 aliphatic rings. The van der Waals surface area contributed by atoms with Crippen LogP contribution in [0.2, 0.25) is 0 Å². The van der Waals surface area contributed by atoms with Crippen molar-refractivity contribution in [2.75, 3.05) is 0 Å². The number of carbonyl (C=O) groups is 5. The van der Waals surface area contributed by atoms with Gasteiger partial charge in [0.1, 0.15) is 18.2 Å². The molecule has 0 radical (unpaired) electrons. The molecule has 1 aliphatic carbocycles. The van der Waals surface area contributed by atoms with E-state index >= 15 is 0 Å². The van der Waals surface area contributed by atoms with E-state index in [1.54, 1.807) is 24.3 Å². The van der Waals surface area contributed by atoms with Gasteiger partial charge < -0.3 is 20.3 Å². The Balaban J connectivity index is 1.24. The molecule has 2 fully saturated rings. The van der Waals surface area contributed by atoms with Gasteiger partial charge in [-0.3, -0.25) is 24.5 Å². The molecule has 5 atom stereocenters. The van der Waals surface area contributed by atoms with Gasteiger partial charge in [0.15, 0.2) is 0 Å². The first-order valence-corrected chi connectivity index (χ1v) is 15.2. The SMILES string of the molecule is CC(C)C1CC[C@H](C)C[C@@H]1OC(=O)N[C@H](C(=O)NCc1ccc2c(c1)CN(C1CCC(=O)NC1=O)C2=O)c1ccccc1. The molecule has 5 amide bonds. The maximum absolute atomic E-state index is 13.5. The van der Waals surface area contributed by atoms with Gasteiger partial charge >= 0.3 is 6.09 Å². The molecule has 3 N–H and O–H groups in total. The predicted molar refractivity (Wildman–Crippen MR) is 158 cm³/mol. The van der Waals surface area contributed by atoms with E-state index in [0.29, 0.717) is 29.4 Å². The maximum atomic E-state index is 13.5. The van der Waals surface area contributed by atoms with Gasteiger partial charge in [-0.15, -0.1) is 0 Å². The van der Waals surface area contributed by atoms with E-state index in [1.165, 1.54) is 4.90 Å². The van der Waals surface area contributed by atoms with E-state index < -0.39 is 24.1 Å². The number of ether oxygens (including phenoxy) is 1. The lowest BCUT2D eigenvalue weighted by atomic mass is 9.75. The average molecular weight is 589 g/mol. The molecule has 43 heavy (non-hydrogen) atoms. The molecule has 2 heterocycles. The lowest BCUT2D eigenvalue weighted by Crippen LogP contribution is -2.52.